The molecule has 0 spiro atoms. The maximum absolute atomic E-state index is 12.0. The summed E-state index contributed by atoms with van der Waals surface area (Å²) in [7, 11) is 0. The maximum Gasteiger partial charge on any atom is 0.409 e. The summed E-state index contributed by atoms with van der Waals surface area (Å²) < 4.78 is 5.14. The van der Waals surface area contributed by atoms with E-state index in [1.54, 1.807) is 11.1 Å². The van der Waals surface area contributed by atoms with Crippen molar-refractivity contribution in [1.82, 2.24) is 4.90 Å². The van der Waals surface area contributed by atoms with Gasteiger partial charge in [-0.3, -0.25) is 0 Å². The lowest BCUT2D eigenvalue weighted by Crippen LogP contribution is -2.73. The van der Waals surface area contributed by atoms with Crippen molar-refractivity contribution in [3.05, 3.63) is 63.8 Å². The predicted molar refractivity (Wildman–Crippen MR) is 110 cm³/mol. The molecule has 1 fully saturated rings. The number of carbonyl (C=O) groups is 1. The fourth-order valence-electron chi connectivity index (χ4n) is 3.94. The Bertz CT molecular complexity index is 804. The number of amides is 1. The Kier molecular flexibility index (Phi) is 7.31. The van der Waals surface area contributed by atoms with Crippen LogP contribution in [0.2, 0.25) is 5.02 Å². The number of ether oxygens (including phenoxy) is 1. The van der Waals surface area contributed by atoms with Crippen molar-refractivity contribution in [3.8, 4) is 0 Å². The highest BCUT2D eigenvalue weighted by molar-refractivity contribution is 6.30. The molecule has 1 aliphatic heterocycles. The number of piperidine rings is 1. The molecule has 5 nitrogen and oxygen atoms in total. The first-order valence-corrected chi connectivity index (χ1v) is 10.2. The molecular formula is C22H28ClN2O3+. The molecule has 0 bridgehead atoms. The van der Waals surface area contributed by atoms with Gasteiger partial charge < -0.3 is 9.64 Å². The Balaban J connectivity index is 1.89. The summed E-state index contributed by atoms with van der Waals surface area (Å²) in [6, 6.07) is 6.17. The first-order chi connectivity index (χ1) is 13.6. The van der Waals surface area contributed by atoms with E-state index in [1.807, 2.05) is 19.1 Å². The van der Waals surface area contributed by atoms with E-state index in [-0.39, 0.29) is 6.09 Å². The van der Waals surface area contributed by atoms with Crippen molar-refractivity contribution >= 4 is 23.3 Å². The van der Waals surface area contributed by atoms with Gasteiger partial charge in [-0.25, -0.2) is 10.0 Å². The summed E-state index contributed by atoms with van der Waals surface area (Å²) in [5.74, 6) is 0. The largest absolute Gasteiger partial charge is 0.450 e. The van der Waals surface area contributed by atoms with E-state index in [0.717, 1.165) is 42.6 Å². The van der Waals surface area contributed by atoms with E-state index in [1.165, 1.54) is 27.8 Å². The van der Waals surface area contributed by atoms with Gasteiger partial charge in [0.25, 0.3) is 0 Å². The van der Waals surface area contributed by atoms with Gasteiger partial charge in [-0.05, 0) is 73.9 Å². The molecule has 1 heterocycles. The molecule has 150 valence electrons. The molecule has 1 aromatic rings. The average molecular weight is 404 g/mol. The summed E-state index contributed by atoms with van der Waals surface area (Å²) in [6.45, 7) is 3.63. The van der Waals surface area contributed by atoms with Crippen LogP contribution in [0.15, 0.2) is 47.7 Å². The molecule has 1 aromatic carbocycles. The van der Waals surface area contributed by atoms with Crippen molar-refractivity contribution in [1.29, 1.82) is 0 Å². The number of hydroxylamine groups is 1. The van der Waals surface area contributed by atoms with Crippen LogP contribution in [0, 0.1) is 0 Å². The number of fused-ring (bicyclic) bond motifs is 1. The molecule has 0 aromatic heterocycles. The van der Waals surface area contributed by atoms with E-state index in [4.69, 9.17) is 21.5 Å². The molecule has 28 heavy (non-hydrogen) atoms. The van der Waals surface area contributed by atoms with Crippen LogP contribution in [0.3, 0.4) is 0 Å². The van der Waals surface area contributed by atoms with Gasteiger partial charge in [-0.15, -0.1) is 0 Å². The summed E-state index contributed by atoms with van der Waals surface area (Å²) in [5, 5.41) is 9.65. The molecule has 1 aliphatic carbocycles. The second-order valence-corrected chi connectivity index (χ2v) is 7.54. The number of hydrogen-bond acceptors (Lipinski definition) is 3. The second-order valence-electron chi connectivity index (χ2n) is 7.11. The molecule has 3 N–H and O–H groups in total. The van der Waals surface area contributed by atoms with E-state index < -0.39 is 0 Å². The highest BCUT2D eigenvalue weighted by Crippen LogP contribution is 2.38. The van der Waals surface area contributed by atoms with E-state index in [9.17, 15) is 4.79 Å². The van der Waals surface area contributed by atoms with Crippen molar-refractivity contribution in [2.24, 2.45) is 0 Å². The number of benzene rings is 1. The van der Waals surface area contributed by atoms with Crippen LogP contribution >= 0.6 is 11.6 Å². The van der Waals surface area contributed by atoms with Gasteiger partial charge in [0.15, 0.2) is 0 Å². The van der Waals surface area contributed by atoms with Crippen LogP contribution in [-0.2, 0) is 11.2 Å². The maximum atomic E-state index is 12.0. The number of likely N-dealkylation sites (tertiary alicyclic amines) is 1. The van der Waals surface area contributed by atoms with Crippen LogP contribution in [0.25, 0.3) is 5.57 Å². The number of aryl methyl sites for hydroxylation is 1. The van der Waals surface area contributed by atoms with Gasteiger partial charge in [0.1, 0.15) is 6.20 Å². The summed E-state index contributed by atoms with van der Waals surface area (Å²) in [6.07, 6.45) is 9.92. The molecule has 3 rings (SSSR count). The monoisotopic (exact) mass is 403 g/mol. The predicted octanol–water partition coefficient (Wildman–Crippen LogP) is 4.07. The standard InChI is InChI=1S/C22H27ClN2O3/c1-2-28-22(26)25-12-9-17(10-13-25)21-14-16(4-3-11-24-27)5-6-18-15-19(23)7-8-20(18)21/h3-4,7-8,11,15,24,27H,2,5-6,9-10,12-14H2,1H3/p+1/b11-3-,16-4-. The fourth-order valence-corrected chi connectivity index (χ4v) is 4.14. The lowest BCUT2D eigenvalue weighted by atomic mass is 9.88. The summed E-state index contributed by atoms with van der Waals surface area (Å²) >= 11 is 6.25. The lowest BCUT2D eigenvalue weighted by Gasteiger charge is -2.29. The minimum atomic E-state index is -0.217. The summed E-state index contributed by atoms with van der Waals surface area (Å²) in [4.78, 5) is 13.8. The number of carbonyl (C=O) groups excluding carboxylic acids is 1. The number of quaternary nitrogens is 1. The van der Waals surface area contributed by atoms with Crippen LogP contribution < -0.4 is 5.48 Å². The smallest absolute Gasteiger partial charge is 0.409 e. The molecule has 0 unspecified atom stereocenters. The van der Waals surface area contributed by atoms with Crippen LogP contribution in [0.5, 0.6) is 0 Å². The molecule has 0 atom stereocenters. The quantitative estimate of drug-likeness (QED) is 0.590. The molecule has 1 amide bonds. The Hall–Kier alpha value is -2.08. The first kappa shape index (κ1) is 20.6. The third kappa shape index (κ3) is 5.04. The highest BCUT2D eigenvalue weighted by atomic mass is 35.5. The third-order valence-electron chi connectivity index (χ3n) is 5.36. The minimum Gasteiger partial charge on any atom is -0.450 e. The first-order valence-electron chi connectivity index (χ1n) is 9.86. The highest BCUT2D eigenvalue weighted by Gasteiger charge is 2.24. The summed E-state index contributed by atoms with van der Waals surface area (Å²) in [5.41, 5.74) is 7.72. The normalized spacial score (nSPS) is 19.1. The van der Waals surface area contributed by atoms with Crippen LogP contribution in [0.1, 0.15) is 43.7 Å². The zero-order valence-corrected chi connectivity index (χ0v) is 17.0. The molecular weight excluding hydrogens is 376 g/mol. The fraction of sp³-hybridized carbons (Fsp3) is 0.409. The minimum absolute atomic E-state index is 0.217. The number of nitrogens with zero attached hydrogens (tertiary/aromatic N) is 1. The lowest BCUT2D eigenvalue weighted by molar-refractivity contribution is -0.838. The third-order valence-corrected chi connectivity index (χ3v) is 5.60. The SMILES string of the molecule is CCOC(=O)N1CCC(=C2C/C(=C\C=C/[NH2+]O)CCc3cc(Cl)ccc32)CC1. The molecule has 2 aliphatic rings. The van der Waals surface area contributed by atoms with Gasteiger partial charge in [0, 0.05) is 18.1 Å². The molecule has 0 saturated carbocycles. The molecule has 0 radical (unpaired) electrons. The number of halogens is 1. The van der Waals surface area contributed by atoms with Gasteiger partial charge in [-0.1, -0.05) is 34.9 Å². The number of rotatable bonds is 3. The van der Waals surface area contributed by atoms with Gasteiger partial charge in [0.2, 0.25) is 0 Å². The second kappa shape index (κ2) is 9.92. The zero-order valence-electron chi connectivity index (χ0n) is 16.3. The van der Waals surface area contributed by atoms with Crippen molar-refractivity contribution < 1.29 is 20.2 Å². The van der Waals surface area contributed by atoms with E-state index in [0.29, 0.717) is 19.7 Å². The van der Waals surface area contributed by atoms with Crippen LogP contribution in [-0.4, -0.2) is 35.9 Å². The van der Waals surface area contributed by atoms with E-state index >= 15 is 0 Å². The Labute approximate surface area is 171 Å². The Morgan fingerprint density at radius 2 is 2.07 bits per heavy atom. The Morgan fingerprint density at radius 3 is 2.79 bits per heavy atom. The zero-order chi connectivity index (χ0) is 19.9. The number of hydrogen-bond donors (Lipinski definition) is 2. The van der Waals surface area contributed by atoms with Crippen molar-refractivity contribution in [3.63, 3.8) is 0 Å². The number of allylic oxidation sites excluding steroid dienone is 4. The van der Waals surface area contributed by atoms with E-state index in [2.05, 4.69) is 18.2 Å². The van der Waals surface area contributed by atoms with Gasteiger partial charge >= 0.3 is 6.09 Å². The van der Waals surface area contributed by atoms with Crippen LogP contribution in [0.4, 0.5) is 4.79 Å². The van der Waals surface area contributed by atoms with Gasteiger partial charge in [0.05, 0.1) is 6.61 Å². The van der Waals surface area contributed by atoms with Gasteiger partial charge in [-0.2, -0.15) is 5.48 Å². The van der Waals surface area contributed by atoms with Crippen molar-refractivity contribution in [2.45, 2.75) is 39.0 Å². The Morgan fingerprint density at radius 1 is 1.29 bits per heavy atom. The molecule has 1 saturated heterocycles. The number of nitrogens with two attached hydrogens (primary N) is 1. The average Bonchev–Trinajstić information content (AvgIpc) is 2.88. The topological polar surface area (TPSA) is 66.4 Å². The van der Waals surface area contributed by atoms with Crippen molar-refractivity contribution in [2.75, 3.05) is 19.7 Å². The molecule has 6 heteroatoms.